The predicted molar refractivity (Wildman–Crippen MR) is 115 cm³/mol. The molecule has 1 saturated heterocycles. The van der Waals surface area contributed by atoms with Gasteiger partial charge in [0.1, 0.15) is 34.5 Å². The fourth-order valence-electron chi connectivity index (χ4n) is 3.69. The number of nitrogens with one attached hydrogen (secondary N) is 1. The highest BCUT2D eigenvalue weighted by Gasteiger charge is 2.15. The molecule has 1 fully saturated rings. The van der Waals surface area contributed by atoms with E-state index in [0.29, 0.717) is 23.5 Å². The Labute approximate surface area is 174 Å². The zero-order valence-electron chi connectivity index (χ0n) is 16.8. The Kier molecular flexibility index (Phi) is 6.21. The number of aromatic hydroxyl groups is 2. The minimum atomic E-state index is -0.331. The molecule has 3 aromatic rings. The van der Waals surface area contributed by atoms with Gasteiger partial charge in [-0.15, -0.1) is 0 Å². The molecule has 2 aromatic carbocycles. The Morgan fingerprint density at radius 2 is 1.83 bits per heavy atom. The minimum Gasteiger partial charge on any atom is -0.508 e. The highest BCUT2D eigenvalue weighted by Crippen LogP contribution is 2.30. The van der Waals surface area contributed by atoms with Crippen molar-refractivity contribution in [3.63, 3.8) is 0 Å². The van der Waals surface area contributed by atoms with Gasteiger partial charge >= 0.3 is 0 Å². The molecule has 0 aliphatic carbocycles. The maximum Gasteiger partial charge on any atom is 0.204 e. The molecule has 30 heavy (non-hydrogen) atoms. The molecule has 158 valence electrons. The van der Waals surface area contributed by atoms with Gasteiger partial charge in [0.25, 0.3) is 0 Å². The monoisotopic (exact) mass is 410 g/mol. The van der Waals surface area contributed by atoms with Gasteiger partial charge < -0.3 is 29.6 Å². The Morgan fingerprint density at radius 3 is 2.60 bits per heavy atom. The molecule has 3 N–H and O–H groups in total. The third-order valence-corrected chi connectivity index (χ3v) is 5.36. The van der Waals surface area contributed by atoms with Crippen LogP contribution >= 0.6 is 0 Å². The molecular weight excluding hydrogens is 384 g/mol. The standard InChI is InChI=1S/C23H26N2O5/c26-17-5-3-16(4-6-17)19-15-30-21-14-18(13-20(27)22(21)23(19)28)29-12-2-1-9-25-10-7-24-8-11-25/h3-6,13-15,24,26-27H,1-2,7-12H2. The molecular formula is C23H26N2O5. The lowest BCUT2D eigenvalue weighted by atomic mass is 10.0. The number of benzene rings is 2. The maximum atomic E-state index is 12.9. The number of rotatable bonds is 7. The maximum absolute atomic E-state index is 12.9. The van der Waals surface area contributed by atoms with Crippen molar-refractivity contribution < 1.29 is 19.4 Å². The number of ether oxygens (including phenoxy) is 1. The van der Waals surface area contributed by atoms with Gasteiger partial charge in [-0.3, -0.25) is 4.79 Å². The van der Waals surface area contributed by atoms with Crippen LogP contribution in [0.1, 0.15) is 12.8 Å². The zero-order chi connectivity index (χ0) is 20.9. The lowest BCUT2D eigenvalue weighted by molar-refractivity contribution is 0.226. The number of hydrogen-bond donors (Lipinski definition) is 3. The van der Waals surface area contributed by atoms with Crippen LogP contribution in [0.3, 0.4) is 0 Å². The molecule has 0 saturated carbocycles. The van der Waals surface area contributed by atoms with Gasteiger partial charge in [-0.25, -0.2) is 0 Å². The lowest BCUT2D eigenvalue weighted by Crippen LogP contribution is -2.43. The summed E-state index contributed by atoms with van der Waals surface area (Å²) < 4.78 is 11.4. The summed E-state index contributed by atoms with van der Waals surface area (Å²) in [4.78, 5) is 15.3. The first-order valence-electron chi connectivity index (χ1n) is 10.3. The summed E-state index contributed by atoms with van der Waals surface area (Å²) in [5.41, 5.74) is 0.868. The second-order valence-electron chi connectivity index (χ2n) is 7.49. The van der Waals surface area contributed by atoms with Crippen molar-refractivity contribution >= 4 is 11.0 Å². The molecule has 7 heteroatoms. The first kappa shape index (κ1) is 20.3. The van der Waals surface area contributed by atoms with Crippen molar-refractivity contribution in [2.24, 2.45) is 0 Å². The van der Waals surface area contributed by atoms with Gasteiger partial charge in [-0.2, -0.15) is 0 Å². The van der Waals surface area contributed by atoms with Crippen LogP contribution in [0.5, 0.6) is 17.2 Å². The zero-order valence-corrected chi connectivity index (χ0v) is 16.8. The molecule has 7 nitrogen and oxygen atoms in total. The summed E-state index contributed by atoms with van der Waals surface area (Å²) in [7, 11) is 0. The van der Waals surface area contributed by atoms with Crippen molar-refractivity contribution in [1.29, 1.82) is 0 Å². The third-order valence-electron chi connectivity index (χ3n) is 5.36. The summed E-state index contributed by atoms with van der Waals surface area (Å²) in [6, 6.07) is 9.34. The topological polar surface area (TPSA) is 95.2 Å². The Balaban J connectivity index is 1.42. The van der Waals surface area contributed by atoms with E-state index in [1.807, 2.05) is 0 Å². The summed E-state index contributed by atoms with van der Waals surface area (Å²) in [6.45, 7) is 5.87. The van der Waals surface area contributed by atoms with E-state index in [1.54, 1.807) is 18.2 Å². The number of fused-ring (bicyclic) bond motifs is 1. The average Bonchev–Trinajstić information content (AvgIpc) is 2.75. The van der Waals surface area contributed by atoms with Crippen LogP contribution in [0.4, 0.5) is 0 Å². The highest BCUT2D eigenvalue weighted by molar-refractivity contribution is 5.88. The largest absolute Gasteiger partial charge is 0.508 e. The van der Waals surface area contributed by atoms with Crippen LogP contribution in [0.25, 0.3) is 22.1 Å². The molecule has 0 unspecified atom stereocenters. The van der Waals surface area contributed by atoms with Crippen molar-refractivity contribution in [3.8, 4) is 28.4 Å². The van der Waals surface area contributed by atoms with E-state index in [4.69, 9.17) is 9.15 Å². The smallest absolute Gasteiger partial charge is 0.204 e. The summed E-state index contributed by atoms with van der Waals surface area (Å²) >= 11 is 0. The summed E-state index contributed by atoms with van der Waals surface area (Å²) in [6.07, 6.45) is 3.32. The van der Waals surface area contributed by atoms with E-state index < -0.39 is 0 Å². The molecule has 0 amide bonds. The Hall–Kier alpha value is -3.03. The Bertz CT molecular complexity index is 1060. The van der Waals surface area contributed by atoms with Gasteiger partial charge in [-0.1, -0.05) is 12.1 Å². The van der Waals surface area contributed by atoms with Crippen LogP contribution in [0.2, 0.25) is 0 Å². The molecule has 0 spiro atoms. The van der Waals surface area contributed by atoms with Crippen LogP contribution in [-0.4, -0.2) is 54.4 Å². The summed E-state index contributed by atoms with van der Waals surface area (Å²) in [5, 5.41) is 23.3. The minimum absolute atomic E-state index is 0.113. The number of hydrogen-bond acceptors (Lipinski definition) is 7. The van der Waals surface area contributed by atoms with Gasteiger partial charge in [0, 0.05) is 38.3 Å². The van der Waals surface area contributed by atoms with Crippen LogP contribution < -0.4 is 15.5 Å². The van der Waals surface area contributed by atoms with Crippen LogP contribution in [0.15, 0.2) is 51.9 Å². The molecule has 2 heterocycles. The van der Waals surface area contributed by atoms with E-state index in [9.17, 15) is 15.0 Å². The van der Waals surface area contributed by atoms with Gasteiger partial charge in [0.05, 0.1) is 12.2 Å². The SMILES string of the molecule is O=c1c(-c2ccc(O)cc2)coc2cc(OCCCCN3CCNCC3)cc(O)c12. The quantitative estimate of drug-likeness (QED) is 0.516. The van der Waals surface area contributed by atoms with E-state index in [-0.39, 0.29) is 27.9 Å². The highest BCUT2D eigenvalue weighted by atomic mass is 16.5. The average molecular weight is 410 g/mol. The van der Waals surface area contributed by atoms with E-state index in [2.05, 4.69) is 10.2 Å². The van der Waals surface area contributed by atoms with Crippen LogP contribution in [-0.2, 0) is 0 Å². The van der Waals surface area contributed by atoms with Crippen molar-refractivity contribution in [1.82, 2.24) is 10.2 Å². The molecule has 0 atom stereocenters. The second kappa shape index (κ2) is 9.19. The molecule has 4 rings (SSSR count). The van der Waals surface area contributed by atoms with Crippen molar-refractivity contribution in [2.75, 3.05) is 39.3 Å². The fourth-order valence-corrected chi connectivity index (χ4v) is 3.69. The first-order valence-corrected chi connectivity index (χ1v) is 10.3. The van der Waals surface area contributed by atoms with E-state index >= 15 is 0 Å². The summed E-state index contributed by atoms with van der Waals surface area (Å²) in [5.74, 6) is 0.418. The molecule has 0 bridgehead atoms. The van der Waals surface area contributed by atoms with Crippen molar-refractivity contribution in [2.45, 2.75) is 12.8 Å². The van der Waals surface area contributed by atoms with Crippen molar-refractivity contribution in [3.05, 3.63) is 52.9 Å². The molecule has 1 aliphatic heterocycles. The molecule has 0 radical (unpaired) electrons. The number of piperazine rings is 1. The fraction of sp³-hybridized carbons (Fsp3) is 0.348. The number of nitrogens with zero attached hydrogens (tertiary/aromatic N) is 1. The van der Waals surface area contributed by atoms with Gasteiger partial charge in [0.15, 0.2) is 0 Å². The van der Waals surface area contributed by atoms with E-state index in [1.165, 1.54) is 24.5 Å². The van der Waals surface area contributed by atoms with Gasteiger partial charge in [-0.05, 0) is 37.1 Å². The van der Waals surface area contributed by atoms with Gasteiger partial charge in [0.2, 0.25) is 5.43 Å². The second-order valence-corrected chi connectivity index (χ2v) is 7.49. The normalized spacial score (nSPS) is 14.8. The number of phenols is 2. The number of phenolic OH excluding ortho intramolecular Hbond substituents is 2. The number of unbranched alkanes of at least 4 members (excludes halogenated alkanes) is 1. The Morgan fingerprint density at radius 1 is 1.07 bits per heavy atom. The third kappa shape index (κ3) is 4.58. The van der Waals surface area contributed by atoms with E-state index in [0.717, 1.165) is 45.6 Å². The van der Waals surface area contributed by atoms with Crippen LogP contribution in [0, 0.1) is 0 Å². The predicted octanol–water partition coefficient (Wildman–Crippen LogP) is 2.94. The molecule has 1 aromatic heterocycles. The lowest BCUT2D eigenvalue weighted by Gasteiger charge is -2.26. The first-order chi connectivity index (χ1) is 14.6. The molecule has 1 aliphatic rings.